The van der Waals surface area contributed by atoms with Gasteiger partial charge in [0.1, 0.15) is 12.2 Å². The molecule has 0 saturated carbocycles. The molecule has 1 aromatic carbocycles. The van der Waals surface area contributed by atoms with Crippen LogP contribution >= 0.6 is 0 Å². The molecule has 1 N–H and O–H groups in total. The molecule has 3 nitrogen and oxygen atoms in total. The number of rotatable bonds is 1. The van der Waals surface area contributed by atoms with Crippen molar-refractivity contribution in [1.29, 1.82) is 0 Å². The van der Waals surface area contributed by atoms with Crippen LogP contribution in [0, 0.1) is 5.92 Å². The second-order valence-electron chi connectivity index (χ2n) is 3.80. The maximum Gasteiger partial charge on any atom is 0.113 e. The number of amidine groups is 1. The standard InChI is InChI=1S/C12H15N3/c1-9-10(2)13-8-14-12(9)15-11-6-4-3-5-7-11/h3-10H,1-2H3,(H,13,14,15). The third kappa shape index (κ3) is 2.24. The van der Waals surface area contributed by atoms with Crippen LogP contribution in [0.4, 0.5) is 5.69 Å². The molecular formula is C12H15N3. The second kappa shape index (κ2) is 4.26. The van der Waals surface area contributed by atoms with Gasteiger partial charge in [-0.05, 0) is 19.1 Å². The Morgan fingerprint density at radius 3 is 2.60 bits per heavy atom. The number of para-hydroxylation sites is 1. The second-order valence-corrected chi connectivity index (χ2v) is 3.80. The van der Waals surface area contributed by atoms with Crippen LogP contribution in [0.1, 0.15) is 13.8 Å². The zero-order valence-electron chi connectivity index (χ0n) is 9.01. The molecule has 0 radical (unpaired) electrons. The lowest BCUT2D eigenvalue weighted by Crippen LogP contribution is -2.30. The zero-order chi connectivity index (χ0) is 10.7. The summed E-state index contributed by atoms with van der Waals surface area (Å²) in [7, 11) is 0. The molecule has 78 valence electrons. The molecule has 0 spiro atoms. The highest BCUT2D eigenvalue weighted by molar-refractivity contribution is 6.02. The predicted molar refractivity (Wildman–Crippen MR) is 64.6 cm³/mol. The highest BCUT2D eigenvalue weighted by atomic mass is 15.1. The van der Waals surface area contributed by atoms with Crippen LogP contribution in [-0.2, 0) is 0 Å². The highest BCUT2D eigenvalue weighted by Gasteiger charge is 2.19. The maximum absolute atomic E-state index is 4.27. The van der Waals surface area contributed by atoms with Crippen molar-refractivity contribution in [1.82, 2.24) is 0 Å². The summed E-state index contributed by atoms with van der Waals surface area (Å²) in [5, 5.41) is 3.32. The van der Waals surface area contributed by atoms with Gasteiger partial charge >= 0.3 is 0 Å². The summed E-state index contributed by atoms with van der Waals surface area (Å²) in [6.45, 7) is 4.23. The van der Waals surface area contributed by atoms with Crippen LogP contribution in [0.25, 0.3) is 0 Å². The first-order valence-corrected chi connectivity index (χ1v) is 5.19. The van der Waals surface area contributed by atoms with Gasteiger partial charge in [-0.1, -0.05) is 25.1 Å². The van der Waals surface area contributed by atoms with Crippen LogP contribution in [-0.4, -0.2) is 18.2 Å². The zero-order valence-corrected chi connectivity index (χ0v) is 9.01. The molecule has 2 atom stereocenters. The van der Waals surface area contributed by atoms with Gasteiger partial charge in [0.05, 0.1) is 6.04 Å². The molecule has 1 aliphatic heterocycles. The van der Waals surface area contributed by atoms with Crippen molar-refractivity contribution >= 4 is 17.9 Å². The van der Waals surface area contributed by atoms with Crippen molar-refractivity contribution in [2.45, 2.75) is 19.9 Å². The molecule has 0 fully saturated rings. The normalized spacial score (nSPS) is 24.8. The van der Waals surface area contributed by atoms with E-state index in [1.165, 1.54) is 0 Å². The van der Waals surface area contributed by atoms with Crippen LogP contribution in [0.15, 0.2) is 40.3 Å². The Morgan fingerprint density at radius 2 is 1.87 bits per heavy atom. The quantitative estimate of drug-likeness (QED) is 0.744. The van der Waals surface area contributed by atoms with Crippen molar-refractivity contribution in [3.63, 3.8) is 0 Å². The average molecular weight is 201 g/mol. The molecule has 15 heavy (non-hydrogen) atoms. The minimum Gasteiger partial charge on any atom is -0.343 e. The maximum atomic E-state index is 4.27. The minimum atomic E-state index is 0.300. The monoisotopic (exact) mass is 201 g/mol. The summed E-state index contributed by atoms with van der Waals surface area (Å²) in [6.07, 6.45) is 1.63. The number of benzene rings is 1. The average Bonchev–Trinajstić information content (AvgIpc) is 2.26. The van der Waals surface area contributed by atoms with E-state index in [-0.39, 0.29) is 0 Å². The van der Waals surface area contributed by atoms with E-state index in [2.05, 4.69) is 29.1 Å². The van der Waals surface area contributed by atoms with E-state index in [4.69, 9.17) is 0 Å². The number of hydrogen-bond acceptors (Lipinski definition) is 3. The molecule has 0 amide bonds. The molecule has 0 bridgehead atoms. The van der Waals surface area contributed by atoms with Gasteiger partial charge in [0, 0.05) is 11.6 Å². The fourth-order valence-corrected chi connectivity index (χ4v) is 1.49. The molecule has 0 saturated heterocycles. The summed E-state index contributed by atoms with van der Waals surface area (Å²) >= 11 is 0. The topological polar surface area (TPSA) is 36.8 Å². The first-order valence-electron chi connectivity index (χ1n) is 5.19. The van der Waals surface area contributed by atoms with Gasteiger partial charge in [0.2, 0.25) is 0 Å². The Kier molecular flexibility index (Phi) is 2.81. The molecule has 0 aliphatic carbocycles. The van der Waals surface area contributed by atoms with E-state index < -0.39 is 0 Å². The van der Waals surface area contributed by atoms with Gasteiger partial charge in [-0.15, -0.1) is 0 Å². The lowest BCUT2D eigenvalue weighted by Gasteiger charge is -2.22. The number of hydrogen-bond donors (Lipinski definition) is 1. The summed E-state index contributed by atoms with van der Waals surface area (Å²) in [6, 6.07) is 10.4. The van der Waals surface area contributed by atoms with E-state index in [1.54, 1.807) is 6.34 Å². The Morgan fingerprint density at radius 1 is 1.13 bits per heavy atom. The molecule has 3 heteroatoms. The Bertz CT molecular complexity index is 381. The van der Waals surface area contributed by atoms with Crippen molar-refractivity contribution in [3.8, 4) is 0 Å². The minimum absolute atomic E-state index is 0.300. The lowest BCUT2D eigenvalue weighted by atomic mass is 10.0. The summed E-state index contributed by atoms with van der Waals surface area (Å²) in [5.74, 6) is 1.33. The van der Waals surface area contributed by atoms with Crippen LogP contribution < -0.4 is 5.32 Å². The van der Waals surface area contributed by atoms with Crippen molar-refractivity contribution in [2.75, 3.05) is 5.32 Å². The van der Waals surface area contributed by atoms with E-state index in [9.17, 15) is 0 Å². The smallest absolute Gasteiger partial charge is 0.113 e. The van der Waals surface area contributed by atoms with E-state index >= 15 is 0 Å². The molecule has 1 heterocycles. The van der Waals surface area contributed by atoms with Gasteiger partial charge in [0.25, 0.3) is 0 Å². The third-order valence-corrected chi connectivity index (χ3v) is 2.70. The van der Waals surface area contributed by atoms with Crippen molar-refractivity contribution < 1.29 is 0 Å². The fraction of sp³-hybridized carbons (Fsp3) is 0.333. The summed E-state index contributed by atoms with van der Waals surface area (Å²) < 4.78 is 0. The molecule has 2 rings (SSSR count). The van der Waals surface area contributed by atoms with E-state index in [1.807, 2.05) is 30.3 Å². The number of nitrogens with zero attached hydrogens (tertiary/aromatic N) is 2. The molecular weight excluding hydrogens is 186 g/mol. The Hall–Kier alpha value is -1.64. The molecule has 2 unspecified atom stereocenters. The van der Waals surface area contributed by atoms with Gasteiger partial charge in [-0.3, -0.25) is 4.99 Å². The number of anilines is 1. The number of nitrogens with one attached hydrogen (secondary N) is 1. The van der Waals surface area contributed by atoms with Gasteiger partial charge in [0.15, 0.2) is 0 Å². The van der Waals surface area contributed by atoms with Crippen molar-refractivity contribution in [2.24, 2.45) is 15.9 Å². The molecule has 1 aliphatic rings. The highest BCUT2D eigenvalue weighted by Crippen LogP contribution is 2.15. The summed E-state index contributed by atoms with van der Waals surface area (Å²) in [4.78, 5) is 8.52. The largest absolute Gasteiger partial charge is 0.343 e. The fourth-order valence-electron chi connectivity index (χ4n) is 1.49. The van der Waals surface area contributed by atoms with Gasteiger partial charge < -0.3 is 5.32 Å². The van der Waals surface area contributed by atoms with Gasteiger partial charge in [-0.2, -0.15) is 0 Å². The lowest BCUT2D eigenvalue weighted by molar-refractivity contribution is 0.609. The van der Waals surface area contributed by atoms with Crippen molar-refractivity contribution in [3.05, 3.63) is 30.3 Å². The SMILES string of the molecule is CC1N=CN=C(Nc2ccccc2)C1C. The first kappa shape index (κ1) is 9.90. The van der Waals surface area contributed by atoms with Crippen LogP contribution in [0.2, 0.25) is 0 Å². The third-order valence-electron chi connectivity index (χ3n) is 2.70. The first-order chi connectivity index (χ1) is 7.27. The Labute approximate surface area is 90.0 Å². The molecule has 1 aromatic rings. The van der Waals surface area contributed by atoms with E-state index in [0.717, 1.165) is 11.5 Å². The van der Waals surface area contributed by atoms with E-state index in [0.29, 0.717) is 12.0 Å². The Balaban J connectivity index is 2.13. The number of aliphatic imine (C=N–C) groups is 2. The van der Waals surface area contributed by atoms with Crippen LogP contribution in [0.5, 0.6) is 0 Å². The molecule has 0 aromatic heterocycles. The van der Waals surface area contributed by atoms with Crippen LogP contribution in [0.3, 0.4) is 0 Å². The summed E-state index contributed by atoms with van der Waals surface area (Å²) in [5.41, 5.74) is 1.07. The predicted octanol–water partition coefficient (Wildman–Crippen LogP) is 2.56. The van der Waals surface area contributed by atoms with Gasteiger partial charge in [-0.25, -0.2) is 4.99 Å².